The smallest absolute Gasteiger partial charge is 0.341 e. The number of carboxylic acid groups (broad SMARTS) is 1. The van der Waals surface area contributed by atoms with Crippen LogP contribution in [0, 0.1) is 0 Å². The van der Waals surface area contributed by atoms with Gasteiger partial charge in [0.05, 0.1) is 171 Å². The highest BCUT2D eigenvalue weighted by Crippen LogP contribution is 2.33. The number of Topliss-reactive ketones (excluding diaryl/α,β-unsaturated/α-hetero) is 1. The number of benzene rings is 1. The monoisotopic (exact) mass is 1060 g/mol. The molecule has 2 fully saturated rings. The van der Waals surface area contributed by atoms with Crippen LogP contribution in [0.25, 0.3) is 0 Å². The molecule has 2 heterocycles. The average Bonchev–Trinajstić information content (AvgIpc) is 3.95. The summed E-state index contributed by atoms with van der Waals surface area (Å²) in [6.07, 6.45) is 4.39. The van der Waals surface area contributed by atoms with Crippen molar-refractivity contribution < 1.29 is 90.7 Å². The SMILES string of the molecule is O=C(O)COc1cccc(C(=O)NCCCC(=O)CCOCCOCCOCCOCCOCCOCCOCCOCCOCCOCCOCCOCCNC(=O)CCCC[C@@H]2SC[C@@H]3NC(=O)N[C@@H]32)c1. The molecule has 4 amide bonds. The fourth-order valence-corrected chi connectivity index (χ4v) is 8.46. The third-order valence-corrected chi connectivity index (χ3v) is 12.2. The third kappa shape index (κ3) is 35.2. The van der Waals surface area contributed by atoms with Gasteiger partial charge in [0.15, 0.2) is 6.61 Å². The lowest BCUT2D eigenvalue weighted by molar-refractivity contribution is -0.139. The highest BCUT2D eigenvalue weighted by Gasteiger charge is 2.42. The van der Waals surface area contributed by atoms with Crippen LogP contribution < -0.4 is 26.0 Å². The minimum atomic E-state index is -1.11. The van der Waals surface area contributed by atoms with Crippen LogP contribution in [0.5, 0.6) is 5.75 Å². The van der Waals surface area contributed by atoms with Crippen LogP contribution in [0.15, 0.2) is 24.3 Å². The van der Waals surface area contributed by atoms with E-state index in [9.17, 15) is 24.0 Å². The summed E-state index contributed by atoms with van der Waals surface area (Å²) in [6.45, 7) is 10.9. The number of rotatable bonds is 52. The molecule has 0 aliphatic carbocycles. The molecule has 2 saturated heterocycles. The molecule has 3 atom stereocenters. The Kier molecular flexibility index (Phi) is 38.8. The molecular weight excluding hydrogens is 981 g/mol. The minimum Gasteiger partial charge on any atom is -0.482 e. The molecule has 24 heteroatoms. The summed E-state index contributed by atoms with van der Waals surface area (Å²) in [5.74, 6) is -0.125. The van der Waals surface area contributed by atoms with Crippen molar-refractivity contribution in [2.24, 2.45) is 0 Å². The molecule has 0 saturated carbocycles. The van der Waals surface area contributed by atoms with E-state index in [1.807, 2.05) is 11.8 Å². The second-order valence-corrected chi connectivity index (χ2v) is 17.7. The first-order valence-electron chi connectivity index (χ1n) is 25.4. The van der Waals surface area contributed by atoms with Crippen LogP contribution in [0.4, 0.5) is 4.79 Å². The number of amides is 4. The first-order chi connectivity index (χ1) is 35.8. The zero-order chi connectivity index (χ0) is 52.1. The predicted octanol–water partition coefficient (Wildman–Crippen LogP) is 1.66. The van der Waals surface area contributed by atoms with E-state index in [1.165, 1.54) is 6.07 Å². The molecule has 1 aromatic carbocycles. The Bertz CT molecular complexity index is 1610. The van der Waals surface area contributed by atoms with Crippen LogP contribution in [-0.4, -0.2) is 236 Å². The Morgan fingerprint density at radius 1 is 0.548 bits per heavy atom. The molecule has 0 aromatic heterocycles. The van der Waals surface area contributed by atoms with E-state index in [4.69, 9.17) is 66.7 Å². The highest BCUT2D eigenvalue weighted by atomic mass is 32.2. The van der Waals surface area contributed by atoms with Gasteiger partial charge in [0, 0.05) is 48.9 Å². The van der Waals surface area contributed by atoms with Gasteiger partial charge in [-0.15, -0.1) is 0 Å². The normalized spacial score (nSPS) is 16.0. The maximum atomic E-state index is 12.3. The molecule has 23 nitrogen and oxygen atoms in total. The summed E-state index contributed by atoms with van der Waals surface area (Å²) in [5, 5.41) is 20.7. The maximum absolute atomic E-state index is 12.3. The number of carbonyl (C=O) groups is 5. The summed E-state index contributed by atoms with van der Waals surface area (Å²) in [7, 11) is 0. The number of carboxylic acids is 1. The van der Waals surface area contributed by atoms with Crippen LogP contribution in [0.2, 0.25) is 0 Å². The number of nitrogens with one attached hydrogen (secondary N) is 4. The van der Waals surface area contributed by atoms with Crippen molar-refractivity contribution in [3.05, 3.63) is 29.8 Å². The minimum absolute atomic E-state index is 0.0336. The Hall–Kier alpha value is -3.76. The largest absolute Gasteiger partial charge is 0.482 e. The fraction of sp³-hybridized carbons (Fsp3) is 0.776. The van der Waals surface area contributed by atoms with Gasteiger partial charge in [-0.3, -0.25) is 14.4 Å². The molecule has 73 heavy (non-hydrogen) atoms. The number of carbonyl (C=O) groups excluding carboxylic acids is 4. The number of aliphatic carboxylic acids is 1. The Labute approximate surface area is 434 Å². The molecule has 5 N–H and O–H groups in total. The summed E-state index contributed by atoms with van der Waals surface area (Å²) < 4.78 is 71.1. The van der Waals surface area contributed by atoms with E-state index in [1.54, 1.807) is 18.2 Å². The number of ether oxygens (including phenoxy) is 13. The number of fused-ring (bicyclic) bond motifs is 1. The molecule has 0 unspecified atom stereocenters. The Morgan fingerprint density at radius 2 is 1.03 bits per heavy atom. The molecule has 0 radical (unpaired) electrons. The van der Waals surface area contributed by atoms with Crippen LogP contribution >= 0.6 is 11.8 Å². The van der Waals surface area contributed by atoms with Gasteiger partial charge in [0.1, 0.15) is 11.5 Å². The standard InChI is InChI=1S/C49H82N4O19S/c54-41(6-4-11-51-48(58)40-5-3-7-42(37-40)72-38-46(56)57)10-13-60-15-17-62-19-21-64-23-25-66-27-29-68-31-33-70-35-36-71-34-32-69-30-28-67-26-24-65-22-20-63-18-16-61-14-12-50-45(55)9-2-1-8-44-47-43(39-73-44)52-49(59)53-47/h3,5,7,37,43-44,47H,1-2,4,6,8-36,38-39H2,(H,50,55)(H,51,58)(H,56,57)(H2,52,53,59)/t43-,44-,47-/m0/s1. The molecule has 1 aromatic rings. The number of hydrogen-bond donors (Lipinski definition) is 5. The second kappa shape index (κ2) is 44.5. The van der Waals surface area contributed by atoms with Crippen molar-refractivity contribution in [1.29, 1.82) is 0 Å². The van der Waals surface area contributed by atoms with Crippen molar-refractivity contribution in [2.75, 3.05) is 184 Å². The number of unbranched alkanes of at least 4 members (excludes halogenated alkanes) is 1. The number of thioether (sulfide) groups is 1. The van der Waals surface area contributed by atoms with E-state index in [-0.39, 0.29) is 47.9 Å². The molecule has 2 aliphatic heterocycles. The number of ketones is 1. The molecule has 2 aliphatic rings. The van der Waals surface area contributed by atoms with Gasteiger partial charge in [-0.25, -0.2) is 9.59 Å². The first kappa shape index (κ1) is 63.5. The van der Waals surface area contributed by atoms with Gasteiger partial charge < -0.3 is 88.0 Å². The van der Waals surface area contributed by atoms with Crippen LogP contribution in [-0.2, 0) is 71.2 Å². The summed E-state index contributed by atoms with van der Waals surface area (Å²) in [4.78, 5) is 58.6. The summed E-state index contributed by atoms with van der Waals surface area (Å²) in [6, 6.07) is 6.62. The van der Waals surface area contributed by atoms with E-state index in [2.05, 4.69) is 21.3 Å². The van der Waals surface area contributed by atoms with Gasteiger partial charge in [0.2, 0.25) is 5.91 Å². The lowest BCUT2D eigenvalue weighted by Gasteiger charge is -2.16. The average molecular weight is 1060 g/mol. The topological polar surface area (TPSA) is 274 Å². The fourth-order valence-electron chi connectivity index (χ4n) is 6.92. The molecule has 418 valence electrons. The predicted molar refractivity (Wildman–Crippen MR) is 268 cm³/mol. The molecule has 0 spiro atoms. The van der Waals surface area contributed by atoms with Gasteiger partial charge in [-0.05, 0) is 37.5 Å². The van der Waals surface area contributed by atoms with Gasteiger partial charge in [0.25, 0.3) is 5.91 Å². The molecule has 0 bridgehead atoms. The summed E-state index contributed by atoms with van der Waals surface area (Å²) >= 11 is 1.90. The molecule has 3 rings (SSSR count). The maximum Gasteiger partial charge on any atom is 0.341 e. The Balaban J connectivity index is 0.893. The number of urea groups is 1. The van der Waals surface area contributed by atoms with Crippen molar-refractivity contribution >= 4 is 41.4 Å². The number of hydrogen-bond acceptors (Lipinski definition) is 19. The molecular formula is C49H82N4O19S. The van der Waals surface area contributed by atoms with E-state index in [0.29, 0.717) is 202 Å². The second-order valence-electron chi connectivity index (χ2n) is 16.4. The van der Waals surface area contributed by atoms with Gasteiger partial charge in [-0.2, -0.15) is 11.8 Å². The quantitative estimate of drug-likeness (QED) is 0.0459. The van der Waals surface area contributed by atoms with Crippen molar-refractivity contribution in [2.45, 2.75) is 62.3 Å². The zero-order valence-electron chi connectivity index (χ0n) is 42.5. The zero-order valence-corrected chi connectivity index (χ0v) is 43.3. The van der Waals surface area contributed by atoms with Gasteiger partial charge >= 0.3 is 12.0 Å². The first-order valence-corrected chi connectivity index (χ1v) is 26.5. The summed E-state index contributed by atoms with van der Waals surface area (Å²) in [5.41, 5.74) is 0.342. The van der Waals surface area contributed by atoms with Crippen molar-refractivity contribution in [3.8, 4) is 5.75 Å². The van der Waals surface area contributed by atoms with E-state index in [0.717, 1.165) is 25.0 Å². The van der Waals surface area contributed by atoms with Gasteiger partial charge in [-0.1, -0.05) is 12.5 Å². The highest BCUT2D eigenvalue weighted by molar-refractivity contribution is 8.00. The lowest BCUT2D eigenvalue weighted by Crippen LogP contribution is -2.36. The van der Waals surface area contributed by atoms with E-state index < -0.39 is 12.6 Å². The van der Waals surface area contributed by atoms with E-state index >= 15 is 0 Å². The Morgan fingerprint density at radius 3 is 1.52 bits per heavy atom. The van der Waals surface area contributed by atoms with Crippen molar-refractivity contribution in [3.63, 3.8) is 0 Å². The van der Waals surface area contributed by atoms with Crippen molar-refractivity contribution in [1.82, 2.24) is 21.3 Å². The lowest BCUT2D eigenvalue weighted by atomic mass is 10.0. The van der Waals surface area contributed by atoms with Crippen LogP contribution in [0.1, 0.15) is 55.3 Å². The third-order valence-electron chi connectivity index (χ3n) is 10.6. The van der Waals surface area contributed by atoms with Crippen LogP contribution in [0.3, 0.4) is 0 Å².